The largest absolute Gasteiger partial charge is 0.497 e. The Balaban J connectivity index is 1.55. The second-order valence-corrected chi connectivity index (χ2v) is 8.79. The van der Waals surface area contributed by atoms with Gasteiger partial charge in [0, 0.05) is 7.05 Å². The maximum Gasteiger partial charge on any atom is 0.262 e. The van der Waals surface area contributed by atoms with E-state index in [1.165, 1.54) is 16.3 Å². The van der Waals surface area contributed by atoms with Crippen molar-refractivity contribution in [3.05, 3.63) is 64.4 Å². The van der Waals surface area contributed by atoms with Crippen molar-refractivity contribution in [2.24, 2.45) is 13.0 Å². The third-order valence-electron chi connectivity index (χ3n) is 5.39. The number of thioether (sulfide) groups is 1. The normalized spacial score (nSPS) is 12.4. The lowest BCUT2D eigenvalue weighted by Crippen LogP contribution is -2.33. The minimum Gasteiger partial charge on any atom is -0.497 e. The van der Waals surface area contributed by atoms with E-state index in [0.29, 0.717) is 16.3 Å². The summed E-state index contributed by atoms with van der Waals surface area (Å²) in [5.41, 5.74) is 1.61. The highest BCUT2D eigenvalue weighted by Gasteiger charge is 2.20. The molecule has 2 aromatic heterocycles. The van der Waals surface area contributed by atoms with Gasteiger partial charge in [-0.25, -0.2) is 0 Å². The number of nitrogens with one attached hydrogen (secondary N) is 1. The Bertz CT molecular complexity index is 1330. The first kappa shape index (κ1) is 21.9. The van der Waals surface area contributed by atoms with Crippen LogP contribution in [-0.2, 0) is 11.8 Å². The molecular formula is C23H25N5O3S. The van der Waals surface area contributed by atoms with E-state index in [9.17, 15) is 9.59 Å². The molecule has 0 fully saturated rings. The van der Waals surface area contributed by atoms with Crippen LogP contribution in [0.15, 0.2) is 58.5 Å². The van der Waals surface area contributed by atoms with Crippen molar-refractivity contribution in [1.82, 2.24) is 24.5 Å². The van der Waals surface area contributed by atoms with Gasteiger partial charge in [-0.1, -0.05) is 49.9 Å². The summed E-state index contributed by atoms with van der Waals surface area (Å²) in [6, 6.07) is 14.9. The third kappa shape index (κ3) is 4.08. The number of rotatable bonds is 7. The lowest BCUT2D eigenvalue weighted by molar-refractivity contribution is -0.119. The monoisotopic (exact) mass is 451 g/mol. The van der Waals surface area contributed by atoms with Crippen LogP contribution in [0.4, 0.5) is 0 Å². The van der Waals surface area contributed by atoms with Gasteiger partial charge in [0.25, 0.3) is 5.56 Å². The molecule has 1 N–H and O–H groups in total. The number of nitrogens with zero attached hydrogens (tertiary/aromatic N) is 4. The van der Waals surface area contributed by atoms with E-state index in [4.69, 9.17) is 4.74 Å². The lowest BCUT2D eigenvalue weighted by Gasteiger charge is -2.23. The lowest BCUT2D eigenvalue weighted by atomic mass is 9.96. The summed E-state index contributed by atoms with van der Waals surface area (Å²) in [5.74, 6) is 1.51. The summed E-state index contributed by atoms with van der Waals surface area (Å²) in [6.45, 7) is 4.14. The zero-order valence-corrected chi connectivity index (χ0v) is 19.2. The Hall–Kier alpha value is -3.33. The summed E-state index contributed by atoms with van der Waals surface area (Å²) in [6.07, 6.45) is 0. The van der Waals surface area contributed by atoms with Gasteiger partial charge in [0.2, 0.25) is 11.7 Å². The Morgan fingerprint density at radius 1 is 1.12 bits per heavy atom. The number of ether oxygens (including phenoxy) is 1. The number of carbonyl (C=O) groups excluding carboxylic acids is 1. The van der Waals surface area contributed by atoms with Crippen molar-refractivity contribution in [3.63, 3.8) is 0 Å². The first-order valence-corrected chi connectivity index (χ1v) is 11.3. The molecule has 9 heteroatoms. The average Bonchev–Trinajstić information content (AvgIpc) is 3.24. The van der Waals surface area contributed by atoms with E-state index in [2.05, 4.69) is 29.4 Å². The van der Waals surface area contributed by atoms with Crippen molar-refractivity contribution in [2.75, 3.05) is 12.9 Å². The second kappa shape index (κ2) is 9.04. The summed E-state index contributed by atoms with van der Waals surface area (Å²) < 4.78 is 8.51. The number of fused-ring (bicyclic) bond motifs is 3. The van der Waals surface area contributed by atoms with Gasteiger partial charge in [0.1, 0.15) is 5.75 Å². The molecular weight excluding hydrogens is 426 g/mol. The van der Waals surface area contributed by atoms with Gasteiger partial charge in [0.05, 0.1) is 29.8 Å². The van der Waals surface area contributed by atoms with Crippen molar-refractivity contribution < 1.29 is 9.53 Å². The first-order chi connectivity index (χ1) is 15.4. The van der Waals surface area contributed by atoms with Gasteiger partial charge in [-0.3, -0.25) is 18.6 Å². The molecule has 8 nitrogen and oxygen atoms in total. The number of carbonyl (C=O) groups is 1. The zero-order chi connectivity index (χ0) is 22.8. The molecule has 0 radical (unpaired) electrons. The fourth-order valence-corrected chi connectivity index (χ4v) is 4.45. The number of hydrogen-bond donors (Lipinski definition) is 1. The third-order valence-corrected chi connectivity index (χ3v) is 6.32. The van der Waals surface area contributed by atoms with Crippen LogP contribution in [0.2, 0.25) is 0 Å². The number of aryl methyl sites for hydroxylation is 1. The quantitative estimate of drug-likeness (QED) is 0.434. The predicted molar refractivity (Wildman–Crippen MR) is 125 cm³/mol. The summed E-state index contributed by atoms with van der Waals surface area (Å²) in [4.78, 5) is 25.4. The van der Waals surface area contributed by atoms with Crippen LogP contribution in [-0.4, -0.2) is 37.9 Å². The Morgan fingerprint density at radius 2 is 1.84 bits per heavy atom. The highest BCUT2D eigenvalue weighted by Crippen LogP contribution is 2.25. The van der Waals surface area contributed by atoms with Crippen molar-refractivity contribution in [2.45, 2.75) is 25.0 Å². The van der Waals surface area contributed by atoms with Crippen molar-refractivity contribution in [1.29, 1.82) is 0 Å². The average molecular weight is 452 g/mol. The van der Waals surface area contributed by atoms with Gasteiger partial charge in [0.15, 0.2) is 5.16 Å². The van der Waals surface area contributed by atoms with Crippen LogP contribution in [0.3, 0.4) is 0 Å². The number of benzene rings is 2. The smallest absolute Gasteiger partial charge is 0.262 e. The molecule has 1 unspecified atom stereocenters. The summed E-state index contributed by atoms with van der Waals surface area (Å²) in [5, 5.41) is 12.7. The van der Waals surface area contributed by atoms with Gasteiger partial charge in [-0.15, -0.1) is 10.2 Å². The van der Waals surface area contributed by atoms with Crippen LogP contribution in [0.25, 0.3) is 16.7 Å². The standard InChI is InChI=1S/C23H25N5O3S/c1-14(2)20(15-9-11-16(31-4)12-10-15)24-19(29)13-32-23-26-25-22-27(3)21(30)17-7-5-6-8-18(17)28(22)23/h5-12,14,20H,13H2,1-4H3,(H,24,29). The number of methoxy groups -OCH3 is 1. The van der Waals surface area contributed by atoms with Crippen LogP contribution in [0.1, 0.15) is 25.5 Å². The van der Waals surface area contributed by atoms with E-state index < -0.39 is 0 Å². The molecule has 1 amide bonds. The molecule has 2 aromatic carbocycles. The van der Waals surface area contributed by atoms with Gasteiger partial charge in [-0.05, 0) is 35.7 Å². The minimum atomic E-state index is -0.131. The van der Waals surface area contributed by atoms with E-state index in [-0.39, 0.29) is 29.2 Å². The maximum absolute atomic E-state index is 12.8. The minimum absolute atomic E-state index is 0.101. The summed E-state index contributed by atoms with van der Waals surface area (Å²) >= 11 is 1.29. The van der Waals surface area contributed by atoms with E-state index in [1.54, 1.807) is 20.2 Å². The number of para-hydroxylation sites is 1. The summed E-state index contributed by atoms with van der Waals surface area (Å²) in [7, 11) is 3.30. The van der Waals surface area contributed by atoms with E-state index >= 15 is 0 Å². The fraction of sp³-hybridized carbons (Fsp3) is 0.304. The molecule has 2 heterocycles. The van der Waals surface area contributed by atoms with Crippen LogP contribution < -0.4 is 15.6 Å². The Morgan fingerprint density at radius 3 is 2.53 bits per heavy atom. The van der Waals surface area contributed by atoms with Crippen molar-refractivity contribution in [3.8, 4) is 5.75 Å². The van der Waals surface area contributed by atoms with E-state index in [0.717, 1.165) is 16.8 Å². The molecule has 0 aliphatic carbocycles. The molecule has 1 atom stereocenters. The number of hydrogen-bond acceptors (Lipinski definition) is 6. The molecule has 0 aliphatic heterocycles. The fourth-order valence-electron chi connectivity index (χ4n) is 3.70. The molecule has 32 heavy (non-hydrogen) atoms. The van der Waals surface area contributed by atoms with Crippen LogP contribution in [0, 0.1) is 5.92 Å². The molecule has 0 bridgehead atoms. The SMILES string of the molecule is COc1ccc(C(NC(=O)CSc2nnc3n(C)c(=O)c4ccccc4n23)C(C)C)cc1. The highest BCUT2D eigenvalue weighted by atomic mass is 32.2. The first-order valence-electron chi connectivity index (χ1n) is 10.3. The van der Waals surface area contributed by atoms with Crippen molar-refractivity contribution >= 4 is 34.3 Å². The molecule has 4 rings (SSSR count). The Kier molecular flexibility index (Phi) is 6.18. The van der Waals surface area contributed by atoms with Crippen LogP contribution in [0.5, 0.6) is 5.75 Å². The van der Waals surface area contributed by atoms with Gasteiger partial charge >= 0.3 is 0 Å². The highest BCUT2D eigenvalue weighted by molar-refractivity contribution is 7.99. The molecule has 0 saturated carbocycles. The molecule has 166 valence electrons. The van der Waals surface area contributed by atoms with E-state index in [1.807, 2.05) is 46.9 Å². The molecule has 4 aromatic rings. The molecule has 0 aliphatic rings. The topological polar surface area (TPSA) is 90.5 Å². The Labute approximate surface area is 189 Å². The number of amides is 1. The van der Waals surface area contributed by atoms with Gasteiger partial charge in [-0.2, -0.15) is 0 Å². The maximum atomic E-state index is 12.8. The zero-order valence-electron chi connectivity index (χ0n) is 18.4. The van der Waals surface area contributed by atoms with Gasteiger partial charge < -0.3 is 10.1 Å². The second-order valence-electron chi connectivity index (χ2n) is 7.85. The predicted octanol–water partition coefficient (Wildman–Crippen LogP) is 3.20. The number of aromatic nitrogens is 4. The van der Waals surface area contributed by atoms with Crippen LogP contribution >= 0.6 is 11.8 Å². The molecule has 0 saturated heterocycles. The molecule has 0 spiro atoms.